The number of nitrogens with one attached hydrogen (secondary N) is 1. The summed E-state index contributed by atoms with van der Waals surface area (Å²) in [6.45, 7) is 0. The summed E-state index contributed by atoms with van der Waals surface area (Å²) in [5.41, 5.74) is 0.828. The molecule has 0 atom stereocenters. The van der Waals surface area contributed by atoms with Crippen LogP contribution in [0.2, 0.25) is 0 Å². The van der Waals surface area contributed by atoms with E-state index in [2.05, 4.69) is 27.9 Å². The van der Waals surface area contributed by atoms with Gasteiger partial charge in [-0.3, -0.25) is 4.79 Å². The van der Waals surface area contributed by atoms with Crippen LogP contribution in [-0.4, -0.2) is 20.6 Å². The van der Waals surface area contributed by atoms with Gasteiger partial charge in [-0.15, -0.1) is 11.3 Å². The minimum absolute atomic E-state index is 0.119. The van der Waals surface area contributed by atoms with Gasteiger partial charge in [0, 0.05) is 11.6 Å². The predicted octanol–water partition coefficient (Wildman–Crippen LogP) is 3.01. The van der Waals surface area contributed by atoms with Gasteiger partial charge >= 0.3 is 0 Å². The zero-order valence-electron chi connectivity index (χ0n) is 9.88. The number of carbonyl (C=O) groups is 1. The number of amides is 1. The van der Waals surface area contributed by atoms with Crippen LogP contribution in [0.5, 0.6) is 0 Å². The van der Waals surface area contributed by atoms with Gasteiger partial charge in [0.2, 0.25) is 0 Å². The number of rotatable bonds is 3. The van der Waals surface area contributed by atoms with Crippen LogP contribution in [0.25, 0.3) is 0 Å². The van der Waals surface area contributed by atoms with Gasteiger partial charge in [-0.1, -0.05) is 12.1 Å². The fourth-order valence-corrected chi connectivity index (χ4v) is 3.69. The maximum atomic E-state index is 12.0. The molecule has 4 nitrogen and oxygen atoms in total. The van der Waals surface area contributed by atoms with Gasteiger partial charge in [0.05, 0.1) is 19.0 Å². The van der Waals surface area contributed by atoms with Crippen molar-refractivity contribution in [2.24, 2.45) is 0 Å². The van der Waals surface area contributed by atoms with Crippen LogP contribution in [-0.2, 0) is 9.84 Å². The summed E-state index contributed by atoms with van der Waals surface area (Å²) in [5, 5.41) is 4.37. The first-order valence-corrected chi connectivity index (χ1v) is 9.07. The lowest BCUT2D eigenvalue weighted by Gasteiger charge is -2.08. The third kappa shape index (κ3) is 3.54. The van der Waals surface area contributed by atoms with Gasteiger partial charge in [0.15, 0.2) is 9.84 Å². The fourth-order valence-electron chi connectivity index (χ4n) is 1.52. The molecule has 1 heterocycles. The van der Waals surface area contributed by atoms with Crippen LogP contribution in [0, 0.1) is 2.88 Å². The summed E-state index contributed by atoms with van der Waals surface area (Å²) in [7, 11) is -3.37. The lowest BCUT2D eigenvalue weighted by molar-refractivity contribution is 0.102. The molecular weight excluding hydrogens is 397 g/mol. The van der Waals surface area contributed by atoms with Crippen molar-refractivity contribution in [3.05, 3.63) is 44.2 Å². The summed E-state index contributed by atoms with van der Waals surface area (Å²) in [4.78, 5) is 12.1. The van der Waals surface area contributed by atoms with E-state index in [-0.39, 0.29) is 10.8 Å². The molecule has 0 bridgehead atoms. The number of sulfone groups is 1. The van der Waals surface area contributed by atoms with Crippen LogP contribution in [0.4, 0.5) is 5.69 Å². The normalized spacial score (nSPS) is 11.3. The summed E-state index contributed by atoms with van der Waals surface area (Å²) in [5.74, 6) is -0.310. The summed E-state index contributed by atoms with van der Waals surface area (Å²) < 4.78 is 24.2. The van der Waals surface area contributed by atoms with Crippen molar-refractivity contribution in [2.75, 3.05) is 11.6 Å². The average Bonchev–Trinajstić information content (AvgIpc) is 2.75. The van der Waals surface area contributed by atoms with Gasteiger partial charge in [-0.2, -0.15) is 0 Å². The van der Waals surface area contributed by atoms with Crippen LogP contribution in [0.15, 0.2) is 40.6 Å². The number of carbonyl (C=O) groups excluding carboxylic acids is 1. The van der Waals surface area contributed by atoms with Gasteiger partial charge < -0.3 is 5.32 Å². The Morgan fingerprint density at radius 2 is 2.00 bits per heavy atom. The maximum Gasteiger partial charge on any atom is 0.256 e. The first kappa shape index (κ1) is 14.5. The molecule has 100 valence electrons. The predicted molar refractivity (Wildman–Crippen MR) is 84.5 cm³/mol. The minimum atomic E-state index is -3.37. The molecule has 0 saturated carbocycles. The molecule has 1 aromatic carbocycles. The van der Waals surface area contributed by atoms with E-state index in [1.54, 1.807) is 29.6 Å². The van der Waals surface area contributed by atoms with Crippen molar-refractivity contribution in [1.29, 1.82) is 0 Å². The molecule has 7 heteroatoms. The fraction of sp³-hybridized carbons (Fsp3) is 0.0833. The highest BCUT2D eigenvalue weighted by Gasteiger charge is 2.15. The van der Waals surface area contributed by atoms with Crippen LogP contribution in [0.1, 0.15) is 10.4 Å². The Morgan fingerprint density at radius 1 is 1.32 bits per heavy atom. The summed E-state index contributed by atoms with van der Waals surface area (Å²) in [6, 6.07) is 8.11. The highest BCUT2D eigenvalue weighted by molar-refractivity contribution is 14.1. The minimum Gasteiger partial charge on any atom is -0.321 e. The molecule has 2 aromatic rings. The van der Waals surface area contributed by atoms with Gasteiger partial charge in [0.25, 0.3) is 5.91 Å². The molecule has 19 heavy (non-hydrogen) atoms. The van der Waals surface area contributed by atoms with E-state index < -0.39 is 9.84 Å². The van der Waals surface area contributed by atoms with Crippen LogP contribution < -0.4 is 5.32 Å². The van der Waals surface area contributed by atoms with Gasteiger partial charge in [0.1, 0.15) is 0 Å². The Kier molecular flexibility index (Phi) is 4.26. The van der Waals surface area contributed by atoms with Crippen LogP contribution >= 0.6 is 33.9 Å². The van der Waals surface area contributed by atoms with E-state index in [1.807, 2.05) is 0 Å². The van der Waals surface area contributed by atoms with E-state index >= 15 is 0 Å². The standard InChI is InChI=1S/C12H10INO3S2/c1-19(16,17)10-5-3-2-4-9(10)14-12(15)8-6-11(13)18-7-8/h2-7H,1H3,(H,14,15). The Hall–Kier alpha value is -0.930. The second kappa shape index (κ2) is 5.59. The zero-order valence-corrected chi connectivity index (χ0v) is 13.7. The molecular formula is C12H10INO3S2. The van der Waals surface area contributed by atoms with Crippen molar-refractivity contribution in [1.82, 2.24) is 0 Å². The smallest absolute Gasteiger partial charge is 0.256 e. The maximum absolute atomic E-state index is 12.0. The number of hydrogen-bond donors (Lipinski definition) is 1. The number of benzene rings is 1. The zero-order chi connectivity index (χ0) is 14.0. The highest BCUT2D eigenvalue weighted by atomic mass is 127. The topological polar surface area (TPSA) is 63.2 Å². The van der Waals surface area contributed by atoms with E-state index in [0.29, 0.717) is 11.3 Å². The van der Waals surface area contributed by atoms with Gasteiger partial charge in [-0.05, 0) is 40.8 Å². The van der Waals surface area contributed by atoms with Crippen molar-refractivity contribution >= 4 is 55.4 Å². The van der Waals surface area contributed by atoms with E-state index in [9.17, 15) is 13.2 Å². The molecule has 0 fully saturated rings. The molecule has 0 aliphatic heterocycles. The molecule has 1 aromatic heterocycles. The second-order valence-electron chi connectivity index (χ2n) is 3.86. The van der Waals surface area contributed by atoms with Crippen molar-refractivity contribution < 1.29 is 13.2 Å². The average molecular weight is 407 g/mol. The Bertz CT molecular complexity index is 722. The Labute approximate surface area is 128 Å². The lowest BCUT2D eigenvalue weighted by Crippen LogP contribution is -2.13. The molecule has 0 radical (unpaired) electrons. The molecule has 0 saturated heterocycles. The number of halogens is 1. The third-order valence-corrected chi connectivity index (χ3v) is 5.31. The molecule has 0 unspecified atom stereocenters. The quantitative estimate of drug-likeness (QED) is 0.796. The number of hydrogen-bond acceptors (Lipinski definition) is 4. The lowest BCUT2D eigenvalue weighted by atomic mass is 10.3. The van der Waals surface area contributed by atoms with Crippen molar-refractivity contribution in [2.45, 2.75) is 4.90 Å². The van der Waals surface area contributed by atoms with E-state index in [0.717, 1.165) is 9.14 Å². The molecule has 2 rings (SSSR count). The van der Waals surface area contributed by atoms with E-state index in [4.69, 9.17) is 0 Å². The highest BCUT2D eigenvalue weighted by Crippen LogP contribution is 2.22. The molecule has 0 aliphatic rings. The number of anilines is 1. The molecule has 0 aliphatic carbocycles. The van der Waals surface area contributed by atoms with E-state index in [1.165, 1.54) is 17.4 Å². The molecule has 1 amide bonds. The Balaban J connectivity index is 2.32. The monoisotopic (exact) mass is 407 g/mol. The van der Waals surface area contributed by atoms with Gasteiger partial charge in [-0.25, -0.2) is 8.42 Å². The second-order valence-corrected chi connectivity index (χ2v) is 8.65. The van der Waals surface area contributed by atoms with Crippen LogP contribution in [0.3, 0.4) is 0 Å². The van der Waals surface area contributed by atoms with Crippen molar-refractivity contribution in [3.63, 3.8) is 0 Å². The first-order valence-electron chi connectivity index (χ1n) is 5.22. The molecule has 0 spiro atoms. The largest absolute Gasteiger partial charge is 0.321 e. The molecule has 1 N–H and O–H groups in total. The summed E-state index contributed by atoms with van der Waals surface area (Å²) in [6.07, 6.45) is 1.12. The third-order valence-electron chi connectivity index (χ3n) is 2.36. The number of thiophene rings is 1. The first-order chi connectivity index (χ1) is 8.88. The summed E-state index contributed by atoms with van der Waals surface area (Å²) >= 11 is 3.59. The number of para-hydroxylation sites is 1. The SMILES string of the molecule is CS(=O)(=O)c1ccccc1NC(=O)c1csc(I)c1. The van der Waals surface area contributed by atoms with Crippen molar-refractivity contribution in [3.8, 4) is 0 Å². The Morgan fingerprint density at radius 3 is 2.58 bits per heavy atom.